The Kier molecular flexibility index (Phi) is 15.5. The first-order valence-electron chi connectivity index (χ1n) is 12.8. The highest BCUT2D eigenvalue weighted by atomic mass is 16.1. The molecule has 2 N–H and O–H groups in total. The molecular formula is C26H50N3O+. The number of likely N-dealkylation sites (N-methyl/N-ethyl adjacent to an activating group) is 1. The number of nitrogens with zero attached hydrogens (tertiary/aromatic N) is 1. The minimum atomic E-state index is 0.0662. The highest BCUT2D eigenvalue weighted by Gasteiger charge is 2.36. The number of carbonyl (C=O) groups is 1. The summed E-state index contributed by atoms with van der Waals surface area (Å²) in [7, 11) is 0. The minimum absolute atomic E-state index is 0.0662. The van der Waals surface area contributed by atoms with Gasteiger partial charge in [0.2, 0.25) is 5.91 Å². The molecule has 0 spiro atoms. The summed E-state index contributed by atoms with van der Waals surface area (Å²) in [5.41, 5.74) is 0. The Morgan fingerprint density at radius 2 is 1.53 bits per heavy atom. The quantitative estimate of drug-likeness (QED) is 0.144. The summed E-state index contributed by atoms with van der Waals surface area (Å²) in [5.74, 6) is 0.0662. The molecule has 30 heavy (non-hydrogen) atoms. The number of amides is 1. The maximum absolute atomic E-state index is 11.2. The van der Waals surface area contributed by atoms with Gasteiger partial charge >= 0.3 is 0 Å². The van der Waals surface area contributed by atoms with Gasteiger partial charge in [-0.1, -0.05) is 76.9 Å². The molecule has 2 atom stereocenters. The number of rotatable bonds is 19. The van der Waals surface area contributed by atoms with Crippen LogP contribution in [0.1, 0.15) is 111 Å². The summed E-state index contributed by atoms with van der Waals surface area (Å²) in [6, 6.07) is 0. The van der Waals surface area contributed by atoms with Crippen LogP contribution >= 0.6 is 0 Å². The molecule has 0 aromatic rings. The van der Waals surface area contributed by atoms with E-state index in [1.165, 1.54) is 89.9 Å². The molecule has 4 heteroatoms. The van der Waals surface area contributed by atoms with E-state index in [4.69, 9.17) is 0 Å². The molecule has 0 saturated carbocycles. The monoisotopic (exact) mass is 420 g/mol. The van der Waals surface area contributed by atoms with Crippen LogP contribution in [-0.2, 0) is 4.79 Å². The fourth-order valence-corrected chi connectivity index (χ4v) is 4.47. The third-order valence-electron chi connectivity index (χ3n) is 6.49. The van der Waals surface area contributed by atoms with Crippen molar-refractivity contribution in [2.45, 2.75) is 117 Å². The molecule has 1 heterocycles. The molecule has 0 bridgehead atoms. The van der Waals surface area contributed by atoms with Crippen LogP contribution in [-0.4, -0.2) is 36.2 Å². The van der Waals surface area contributed by atoms with Gasteiger partial charge in [0.25, 0.3) is 0 Å². The van der Waals surface area contributed by atoms with Gasteiger partial charge in [-0.25, -0.2) is 0 Å². The fourth-order valence-electron chi connectivity index (χ4n) is 4.47. The average molecular weight is 421 g/mol. The number of allylic oxidation sites excluding steroid dienone is 2. The van der Waals surface area contributed by atoms with Crippen molar-refractivity contribution in [2.24, 2.45) is 0 Å². The van der Waals surface area contributed by atoms with Crippen molar-refractivity contribution in [2.75, 3.05) is 19.6 Å². The lowest BCUT2D eigenvalue weighted by Gasteiger charge is -2.37. The lowest BCUT2D eigenvalue weighted by molar-refractivity contribution is -0.898. The van der Waals surface area contributed by atoms with Crippen molar-refractivity contribution in [1.82, 2.24) is 10.6 Å². The lowest BCUT2D eigenvalue weighted by atomic mass is 10.0. The molecule has 1 amide bonds. The largest absolute Gasteiger partial charge is 0.351 e. The molecule has 0 aliphatic carbocycles. The van der Waals surface area contributed by atoms with Gasteiger partial charge in [0.15, 0.2) is 6.17 Å². The molecule has 1 aliphatic rings. The van der Waals surface area contributed by atoms with E-state index in [2.05, 4.69) is 49.0 Å². The fraction of sp³-hybridized carbons (Fsp3) is 0.808. The van der Waals surface area contributed by atoms with Crippen LogP contribution in [0.2, 0.25) is 0 Å². The zero-order valence-electron chi connectivity index (χ0n) is 20.3. The first-order valence-corrected chi connectivity index (χ1v) is 12.8. The Morgan fingerprint density at radius 3 is 2.13 bits per heavy atom. The van der Waals surface area contributed by atoms with Crippen LogP contribution in [0.4, 0.5) is 0 Å². The molecule has 0 aromatic heterocycles. The van der Waals surface area contributed by atoms with Crippen LogP contribution in [0.25, 0.3) is 0 Å². The molecule has 0 saturated heterocycles. The second kappa shape index (κ2) is 17.4. The summed E-state index contributed by atoms with van der Waals surface area (Å²) in [5, 5.41) is 6.52. The van der Waals surface area contributed by atoms with Crippen LogP contribution in [0.5, 0.6) is 0 Å². The maximum Gasteiger partial charge on any atom is 0.217 e. The standard InChI is InChI=1S/C26H49N3O/c1-4-6-7-8-9-10-11-12-13-14-15-16-17-18-19-20-26-28-22-24-29(26,5-2)23-21-27-25(3)30/h7-8,22,24,26,28H,4-6,9-21,23H2,1-3H3/p+1/b8-7+. The van der Waals surface area contributed by atoms with E-state index in [0.717, 1.165) is 24.1 Å². The second-order valence-corrected chi connectivity index (χ2v) is 9.00. The van der Waals surface area contributed by atoms with Gasteiger partial charge < -0.3 is 10.6 Å². The number of nitrogens with one attached hydrogen (secondary N) is 2. The van der Waals surface area contributed by atoms with E-state index < -0.39 is 0 Å². The van der Waals surface area contributed by atoms with Gasteiger partial charge in [0.1, 0.15) is 12.7 Å². The van der Waals surface area contributed by atoms with E-state index >= 15 is 0 Å². The lowest BCUT2D eigenvalue weighted by Crippen LogP contribution is -2.55. The van der Waals surface area contributed by atoms with Crippen molar-refractivity contribution < 1.29 is 9.28 Å². The van der Waals surface area contributed by atoms with E-state index in [0.29, 0.717) is 6.17 Å². The van der Waals surface area contributed by atoms with Gasteiger partial charge in [-0.15, -0.1) is 0 Å². The summed E-state index contributed by atoms with van der Waals surface area (Å²) in [6.07, 6.45) is 28.4. The van der Waals surface area contributed by atoms with Gasteiger partial charge in [-0.3, -0.25) is 9.28 Å². The molecule has 1 aliphatic heterocycles. The number of carbonyl (C=O) groups excluding carboxylic acids is 1. The van der Waals surface area contributed by atoms with E-state index in [1.807, 2.05) is 0 Å². The van der Waals surface area contributed by atoms with Gasteiger partial charge in [-0.05, 0) is 32.6 Å². The highest BCUT2D eigenvalue weighted by Crippen LogP contribution is 2.23. The van der Waals surface area contributed by atoms with Crippen molar-refractivity contribution in [1.29, 1.82) is 0 Å². The molecule has 0 fully saturated rings. The summed E-state index contributed by atoms with van der Waals surface area (Å²) in [6.45, 7) is 8.88. The Labute approximate surface area is 187 Å². The van der Waals surface area contributed by atoms with E-state index in [-0.39, 0.29) is 5.91 Å². The SMILES string of the molecule is CCC/C=C/CCCCCCCCCCCCC1NC=C[N+]1(CC)CCNC(C)=O. The van der Waals surface area contributed by atoms with Crippen molar-refractivity contribution >= 4 is 5.91 Å². The Bertz CT molecular complexity index is 489. The smallest absolute Gasteiger partial charge is 0.217 e. The van der Waals surface area contributed by atoms with Crippen LogP contribution in [0.3, 0.4) is 0 Å². The Balaban J connectivity index is 1.98. The first kappa shape index (κ1) is 26.7. The molecule has 0 radical (unpaired) electrons. The zero-order chi connectivity index (χ0) is 21.9. The predicted molar refractivity (Wildman–Crippen MR) is 130 cm³/mol. The molecular weight excluding hydrogens is 370 g/mol. The molecule has 174 valence electrons. The maximum atomic E-state index is 11.2. The highest BCUT2D eigenvalue weighted by molar-refractivity contribution is 5.72. The third kappa shape index (κ3) is 11.8. The first-order chi connectivity index (χ1) is 14.6. The molecule has 2 unspecified atom stereocenters. The van der Waals surface area contributed by atoms with E-state index in [1.54, 1.807) is 6.92 Å². The number of hydrogen-bond donors (Lipinski definition) is 2. The minimum Gasteiger partial charge on any atom is -0.351 e. The molecule has 4 nitrogen and oxygen atoms in total. The topological polar surface area (TPSA) is 41.1 Å². The number of quaternary nitrogens is 1. The Hall–Kier alpha value is -1.29. The summed E-state index contributed by atoms with van der Waals surface area (Å²) < 4.78 is 0.953. The number of unbranched alkanes of at least 4 members (excludes halogenated alkanes) is 11. The van der Waals surface area contributed by atoms with Crippen molar-refractivity contribution in [3.05, 3.63) is 24.6 Å². The van der Waals surface area contributed by atoms with Gasteiger partial charge in [-0.2, -0.15) is 0 Å². The third-order valence-corrected chi connectivity index (χ3v) is 6.49. The zero-order valence-corrected chi connectivity index (χ0v) is 20.3. The Morgan fingerprint density at radius 1 is 0.933 bits per heavy atom. The number of hydrogen-bond acceptors (Lipinski definition) is 2. The van der Waals surface area contributed by atoms with Crippen LogP contribution in [0, 0.1) is 0 Å². The summed E-state index contributed by atoms with van der Waals surface area (Å²) >= 11 is 0. The average Bonchev–Trinajstić information content (AvgIpc) is 3.13. The second-order valence-electron chi connectivity index (χ2n) is 9.00. The molecule has 0 aromatic carbocycles. The normalized spacial score (nSPS) is 20.7. The predicted octanol–water partition coefficient (Wildman–Crippen LogP) is 6.40. The molecule has 1 rings (SSSR count). The summed E-state index contributed by atoms with van der Waals surface area (Å²) in [4.78, 5) is 11.2. The van der Waals surface area contributed by atoms with Crippen molar-refractivity contribution in [3.8, 4) is 0 Å². The van der Waals surface area contributed by atoms with Crippen LogP contribution in [0.15, 0.2) is 24.6 Å². The van der Waals surface area contributed by atoms with Crippen molar-refractivity contribution in [3.63, 3.8) is 0 Å². The van der Waals surface area contributed by atoms with Crippen LogP contribution < -0.4 is 10.6 Å². The van der Waals surface area contributed by atoms with Gasteiger partial charge in [0.05, 0.1) is 19.3 Å². The van der Waals surface area contributed by atoms with E-state index in [9.17, 15) is 4.79 Å². The van der Waals surface area contributed by atoms with Gasteiger partial charge in [0, 0.05) is 13.3 Å².